The van der Waals surface area contributed by atoms with Crippen molar-refractivity contribution in [3.63, 3.8) is 0 Å². The first-order valence-electron chi connectivity index (χ1n) is 11.5. The number of aliphatic hydroxyl groups excluding tert-OH is 1. The number of rotatable bonds is 6. The van der Waals surface area contributed by atoms with Gasteiger partial charge >= 0.3 is 0 Å². The second-order valence-corrected chi connectivity index (χ2v) is 9.13. The summed E-state index contributed by atoms with van der Waals surface area (Å²) in [5.41, 5.74) is 4.18. The molecule has 3 aromatic rings. The molecule has 1 aromatic carbocycles. The Bertz CT molecular complexity index is 1300. The molecule has 9 heteroatoms. The van der Waals surface area contributed by atoms with E-state index in [4.69, 9.17) is 0 Å². The molecule has 178 valence electrons. The first-order valence-corrected chi connectivity index (χ1v) is 11.5. The van der Waals surface area contributed by atoms with E-state index in [1.54, 1.807) is 26.1 Å². The lowest BCUT2D eigenvalue weighted by molar-refractivity contribution is 0.207. The molecule has 35 heavy (non-hydrogen) atoms. The predicted molar refractivity (Wildman–Crippen MR) is 133 cm³/mol. The Labute approximate surface area is 205 Å². The second kappa shape index (κ2) is 10.1. The van der Waals surface area contributed by atoms with Crippen LogP contribution < -0.4 is 15.5 Å². The zero-order valence-electron chi connectivity index (χ0n) is 20.1. The average Bonchev–Trinajstić information content (AvgIpc) is 2.90. The molecule has 1 unspecified atom stereocenters. The Morgan fingerprint density at radius 1 is 1.14 bits per heavy atom. The molecule has 0 aliphatic carbocycles. The minimum atomic E-state index is -1.04. The summed E-state index contributed by atoms with van der Waals surface area (Å²) in [6, 6.07) is 13.8. The van der Waals surface area contributed by atoms with Gasteiger partial charge in [-0.15, -0.1) is 0 Å². The molecule has 0 radical (unpaired) electrons. The van der Waals surface area contributed by atoms with Crippen LogP contribution in [0, 0.1) is 29.6 Å². The molecule has 4 rings (SSSR count). The number of benzene rings is 1. The lowest BCUT2D eigenvalue weighted by Crippen LogP contribution is -2.44. The van der Waals surface area contributed by atoms with Crippen molar-refractivity contribution in [2.75, 3.05) is 36.4 Å². The minimum Gasteiger partial charge on any atom is -0.369 e. The number of nitrogens with zero attached hydrogens (tertiary/aromatic N) is 6. The quantitative estimate of drug-likeness (QED) is 0.467. The standard InChI is InChI=1S/C26H28N8O/c1-17-4-5-21(32-25(35)20-11-23(33-31-15-20)26(2,3)16-28)12-22(17)19-10-18(13-27)24(30-14-19)34-8-6-29-7-9-34/h4-5,10-12,14-15,25,29,32,35H,6-9H2,1-3H3. The summed E-state index contributed by atoms with van der Waals surface area (Å²) in [5.74, 6) is 0.710. The Hall–Kier alpha value is -4.05. The molecule has 1 aliphatic heterocycles. The lowest BCUT2D eigenvalue weighted by atomic mass is 9.90. The number of nitriles is 2. The van der Waals surface area contributed by atoms with Crippen LogP contribution in [-0.4, -0.2) is 46.5 Å². The van der Waals surface area contributed by atoms with Gasteiger partial charge in [0.25, 0.3) is 0 Å². The van der Waals surface area contributed by atoms with Crippen molar-refractivity contribution in [3.8, 4) is 23.3 Å². The minimum absolute atomic E-state index is 0.489. The van der Waals surface area contributed by atoms with Crippen LogP contribution in [0.5, 0.6) is 0 Å². The summed E-state index contributed by atoms with van der Waals surface area (Å²) in [7, 11) is 0. The average molecular weight is 469 g/mol. The van der Waals surface area contributed by atoms with Crippen molar-refractivity contribution in [3.05, 3.63) is 65.1 Å². The van der Waals surface area contributed by atoms with E-state index in [1.165, 1.54) is 6.20 Å². The molecule has 3 N–H and O–H groups in total. The van der Waals surface area contributed by atoms with Crippen molar-refractivity contribution in [1.29, 1.82) is 10.5 Å². The lowest BCUT2D eigenvalue weighted by Gasteiger charge is -2.29. The van der Waals surface area contributed by atoms with E-state index < -0.39 is 11.6 Å². The van der Waals surface area contributed by atoms with Gasteiger partial charge in [-0.25, -0.2) is 4.98 Å². The van der Waals surface area contributed by atoms with Crippen LogP contribution in [0.15, 0.2) is 42.7 Å². The second-order valence-electron chi connectivity index (χ2n) is 9.13. The van der Waals surface area contributed by atoms with E-state index >= 15 is 0 Å². The van der Waals surface area contributed by atoms with Crippen LogP contribution in [0.2, 0.25) is 0 Å². The number of aliphatic hydroxyl groups is 1. The molecule has 1 aliphatic rings. The summed E-state index contributed by atoms with van der Waals surface area (Å²) in [6.07, 6.45) is 2.23. The molecule has 1 saturated heterocycles. The third-order valence-corrected chi connectivity index (χ3v) is 6.17. The zero-order valence-corrected chi connectivity index (χ0v) is 20.1. The smallest absolute Gasteiger partial charge is 0.152 e. The fourth-order valence-corrected chi connectivity index (χ4v) is 3.97. The largest absolute Gasteiger partial charge is 0.369 e. The van der Waals surface area contributed by atoms with Crippen LogP contribution in [-0.2, 0) is 5.41 Å². The maximum atomic E-state index is 10.8. The van der Waals surface area contributed by atoms with Crippen molar-refractivity contribution in [1.82, 2.24) is 20.5 Å². The molecule has 0 spiro atoms. The molecule has 1 atom stereocenters. The molecule has 2 aromatic heterocycles. The van der Waals surface area contributed by atoms with E-state index in [0.717, 1.165) is 42.9 Å². The highest BCUT2D eigenvalue weighted by Gasteiger charge is 2.24. The highest BCUT2D eigenvalue weighted by molar-refractivity contribution is 5.74. The maximum absolute atomic E-state index is 10.8. The number of pyridine rings is 1. The van der Waals surface area contributed by atoms with E-state index in [1.807, 2.05) is 31.2 Å². The summed E-state index contributed by atoms with van der Waals surface area (Å²) >= 11 is 0. The molecule has 0 saturated carbocycles. The van der Waals surface area contributed by atoms with Crippen molar-refractivity contribution in [2.24, 2.45) is 0 Å². The topological polar surface area (TPSA) is 134 Å². The van der Waals surface area contributed by atoms with Crippen molar-refractivity contribution in [2.45, 2.75) is 32.4 Å². The van der Waals surface area contributed by atoms with Crippen LogP contribution in [0.25, 0.3) is 11.1 Å². The third kappa shape index (κ3) is 5.22. The van der Waals surface area contributed by atoms with Crippen molar-refractivity contribution < 1.29 is 5.11 Å². The van der Waals surface area contributed by atoms with Gasteiger partial charge in [-0.05, 0) is 56.2 Å². The SMILES string of the molecule is Cc1ccc(NC(O)c2cnnc(C(C)(C)C#N)c2)cc1-c1cnc(N2CCNCC2)c(C#N)c1. The van der Waals surface area contributed by atoms with Gasteiger partial charge in [-0.1, -0.05) is 6.07 Å². The maximum Gasteiger partial charge on any atom is 0.152 e. The normalized spacial score (nSPS) is 14.6. The number of aromatic nitrogens is 3. The van der Waals surface area contributed by atoms with Gasteiger partial charge in [0.1, 0.15) is 11.9 Å². The molecule has 9 nitrogen and oxygen atoms in total. The fraction of sp³-hybridized carbons (Fsp3) is 0.346. The number of piperazine rings is 1. The van der Waals surface area contributed by atoms with Gasteiger partial charge < -0.3 is 20.6 Å². The monoisotopic (exact) mass is 468 g/mol. The van der Waals surface area contributed by atoms with Gasteiger partial charge in [0, 0.05) is 49.2 Å². The van der Waals surface area contributed by atoms with Gasteiger partial charge in [0.05, 0.1) is 28.9 Å². The number of hydrogen-bond donors (Lipinski definition) is 3. The highest BCUT2D eigenvalue weighted by Crippen LogP contribution is 2.31. The zero-order chi connectivity index (χ0) is 25.0. The molecule has 0 amide bonds. The van der Waals surface area contributed by atoms with Crippen LogP contribution in [0.4, 0.5) is 11.5 Å². The number of aryl methyl sites for hydroxylation is 1. The summed E-state index contributed by atoms with van der Waals surface area (Å²) < 4.78 is 0. The third-order valence-electron chi connectivity index (χ3n) is 6.17. The molecule has 0 bridgehead atoms. The highest BCUT2D eigenvalue weighted by atomic mass is 16.3. The fourth-order valence-electron chi connectivity index (χ4n) is 3.97. The molecular formula is C26H28N8O. The summed E-state index contributed by atoms with van der Waals surface area (Å²) in [4.78, 5) is 6.76. The van der Waals surface area contributed by atoms with E-state index in [-0.39, 0.29) is 0 Å². The Morgan fingerprint density at radius 2 is 1.91 bits per heavy atom. The van der Waals surface area contributed by atoms with Gasteiger partial charge in [0.15, 0.2) is 6.23 Å². The van der Waals surface area contributed by atoms with E-state index in [9.17, 15) is 15.6 Å². The Kier molecular flexibility index (Phi) is 6.92. The van der Waals surface area contributed by atoms with Crippen molar-refractivity contribution >= 4 is 11.5 Å². The first-order chi connectivity index (χ1) is 16.8. The summed E-state index contributed by atoms with van der Waals surface area (Å²) in [5, 5.41) is 44.4. The Balaban J connectivity index is 1.60. The molecule has 3 heterocycles. The Morgan fingerprint density at radius 3 is 2.63 bits per heavy atom. The number of anilines is 2. The number of nitrogens with one attached hydrogen (secondary N) is 2. The van der Waals surface area contributed by atoms with Crippen LogP contribution >= 0.6 is 0 Å². The summed E-state index contributed by atoms with van der Waals surface area (Å²) in [6.45, 7) is 8.86. The van der Waals surface area contributed by atoms with Gasteiger partial charge in [0.2, 0.25) is 0 Å². The van der Waals surface area contributed by atoms with Crippen LogP contribution in [0.1, 0.15) is 42.5 Å². The van der Waals surface area contributed by atoms with E-state index in [2.05, 4.69) is 42.9 Å². The van der Waals surface area contributed by atoms with E-state index in [0.29, 0.717) is 28.3 Å². The first kappa shape index (κ1) is 24.1. The molecular weight excluding hydrogens is 440 g/mol. The predicted octanol–water partition coefficient (Wildman–Crippen LogP) is 3.03. The number of hydrogen-bond acceptors (Lipinski definition) is 9. The van der Waals surface area contributed by atoms with Gasteiger partial charge in [-0.2, -0.15) is 20.7 Å². The molecule has 1 fully saturated rings. The van der Waals surface area contributed by atoms with Gasteiger partial charge in [-0.3, -0.25) is 0 Å². The van der Waals surface area contributed by atoms with Crippen LogP contribution in [0.3, 0.4) is 0 Å².